The number of hydrogen-bond donors (Lipinski definition) is 0. The first-order valence-electron chi connectivity index (χ1n) is 5.58. The summed E-state index contributed by atoms with van der Waals surface area (Å²) in [6.45, 7) is 0.680. The number of carbonyl (C=O) groups excluding carboxylic acids is 2. The minimum absolute atomic E-state index is 0.116. The lowest BCUT2D eigenvalue weighted by Crippen LogP contribution is -2.32. The van der Waals surface area contributed by atoms with Crippen LogP contribution in [-0.2, 0) is 4.79 Å². The Bertz CT molecular complexity index is 464. The van der Waals surface area contributed by atoms with Crippen LogP contribution in [0.15, 0.2) is 24.3 Å². The van der Waals surface area contributed by atoms with Gasteiger partial charge in [-0.25, -0.2) is 9.69 Å². The molecule has 0 aromatic heterocycles. The largest absolute Gasteiger partial charge is 0.332 e. The van der Waals surface area contributed by atoms with Gasteiger partial charge in [0.25, 0.3) is 5.91 Å². The molecular formula is C12H11ClN2O2. The van der Waals surface area contributed by atoms with Gasteiger partial charge in [0.2, 0.25) is 0 Å². The summed E-state index contributed by atoms with van der Waals surface area (Å²) >= 11 is 5.79. The van der Waals surface area contributed by atoms with Crippen LogP contribution in [0.25, 0.3) is 0 Å². The third-order valence-electron chi connectivity index (χ3n) is 3.28. The zero-order valence-corrected chi connectivity index (χ0v) is 9.85. The maximum Gasteiger partial charge on any atom is 0.332 e. The number of carbonyl (C=O) groups is 2. The van der Waals surface area contributed by atoms with Crippen molar-refractivity contribution in [1.82, 2.24) is 4.90 Å². The molecule has 2 aliphatic heterocycles. The van der Waals surface area contributed by atoms with Gasteiger partial charge in [0.15, 0.2) is 0 Å². The van der Waals surface area contributed by atoms with Gasteiger partial charge < -0.3 is 4.90 Å². The minimum atomic E-state index is -0.252. The van der Waals surface area contributed by atoms with Crippen LogP contribution < -0.4 is 4.90 Å². The summed E-state index contributed by atoms with van der Waals surface area (Å²) in [4.78, 5) is 27.1. The molecule has 0 N–H and O–H groups in total. The summed E-state index contributed by atoms with van der Waals surface area (Å²) in [6, 6.07) is 6.29. The van der Waals surface area contributed by atoms with Gasteiger partial charge in [-0.2, -0.15) is 0 Å². The number of imide groups is 1. The van der Waals surface area contributed by atoms with E-state index >= 15 is 0 Å². The molecule has 2 aliphatic rings. The van der Waals surface area contributed by atoms with Crippen LogP contribution >= 0.6 is 11.6 Å². The molecular weight excluding hydrogens is 240 g/mol. The Hall–Kier alpha value is -1.55. The monoisotopic (exact) mass is 250 g/mol. The standard InChI is InChI=1S/C12H11ClN2O2/c13-8-3-5-9(6-4-8)15-11(16)10-2-1-7-14(10)12(15)17/h3-6,10H,1-2,7H2/t10-/m1/s1. The number of halogens is 1. The first kappa shape index (κ1) is 10.6. The van der Waals surface area contributed by atoms with Gasteiger partial charge in [0.1, 0.15) is 6.04 Å². The lowest BCUT2D eigenvalue weighted by molar-refractivity contribution is -0.119. The average Bonchev–Trinajstić information content (AvgIpc) is 2.87. The average molecular weight is 251 g/mol. The second-order valence-corrected chi connectivity index (χ2v) is 4.72. The predicted molar refractivity (Wildman–Crippen MR) is 64.1 cm³/mol. The molecule has 88 valence electrons. The molecule has 1 aromatic carbocycles. The van der Waals surface area contributed by atoms with E-state index in [9.17, 15) is 9.59 Å². The van der Waals surface area contributed by atoms with Crippen molar-refractivity contribution in [1.29, 1.82) is 0 Å². The fourth-order valence-corrected chi connectivity index (χ4v) is 2.58. The highest BCUT2D eigenvalue weighted by atomic mass is 35.5. The molecule has 3 rings (SSSR count). The third kappa shape index (κ3) is 1.52. The quantitative estimate of drug-likeness (QED) is 0.718. The van der Waals surface area contributed by atoms with E-state index in [1.807, 2.05) is 0 Å². The number of amides is 3. The third-order valence-corrected chi connectivity index (χ3v) is 3.53. The molecule has 5 heteroatoms. The normalized spacial score (nSPS) is 23.5. The van der Waals surface area contributed by atoms with E-state index in [2.05, 4.69) is 0 Å². The van der Waals surface area contributed by atoms with Crippen molar-refractivity contribution in [2.24, 2.45) is 0 Å². The van der Waals surface area contributed by atoms with Crippen molar-refractivity contribution in [2.45, 2.75) is 18.9 Å². The highest BCUT2D eigenvalue weighted by Crippen LogP contribution is 2.31. The predicted octanol–water partition coefficient (Wildman–Crippen LogP) is 2.27. The molecule has 2 heterocycles. The molecule has 4 nitrogen and oxygen atoms in total. The van der Waals surface area contributed by atoms with E-state index in [1.165, 1.54) is 4.90 Å². The van der Waals surface area contributed by atoms with Crippen molar-refractivity contribution < 1.29 is 9.59 Å². The van der Waals surface area contributed by atoms with E-state index in [4.69, 9.17) is 11.6 Å². The number of hydrogen-bond acceptors (Lipinski definition) is 2. The summed E-state index contributed by atoms with van der Waals surface area (Å²) in [5, 5.41) is 0.591. The summed E-state index contributed by atoms with van der Waals surface area (Å²) in [5.41, 5.74) is 0.596. The number of benzene rings is 1. The van der Waals surface area contributed by atoms with E-state index in [0.29, 0.717) is 17.3 Å². The zero-order chi connectivity index (χ0) is 12.0. The summed E-state index contributed by atoms with van der Waals surface area (Å²) < 4.78 is 0. The Morgan fingerprint density at radius 3 is 2.53 bits per heavy atom. The minimum Gasteiger partial charge on any atom is -0.312 e. The Balaban J connectivity index is 1.96. The number of rotatable bonds is 1. The fourth-order valence-electron chi connectivity index (χ4n) is 2.45. The molecule has 0 spiro atoms. The Morgan fingerprint density at radius 2 is 1.88 bits per heavy atom. The summed E-state index contributed by atoms with van der Waals surface area (Å²) in [7, 11) is 0. The van der Waals surface area contributed by atoms with Crippen molar-refractivity contribution in [3.05, 3.63) is 29.3 Å². The molecule has 0 aliphatic carbocycles. The molecule has 0 saturated carbocycles. The van der Waals surface area contributed by atoms with Crippen LogP contribution in [0.5, 0.6) is 0 Å². The Kier molecular flexibility index (Phi) is 2.33. The van der Waals surface area contributed by atoms with Gasteiger partial charge in [-0.1, -0.05) is 11.6 Å². The molecule has 1 aromatic rings. The van der Waals surface area contributed by atoms with Crippen LogP contribution in [0.4, 0.5) is 10.5 Å². The Morgan fingerprint density at radius 1 is 1.18 bits per heavy atom. The van der Waals surface area contributed by atoms with Crippen LogP contribution in [0, 0.1) is 0 Å². The highest BCUT2D eigenvalue weighted by Gasteiger charge is 2.47. The molecule has 2 fully saturated rings. The molecule has 0 bridgehead atoms. The van der Waals surface area contributed by atoms with E-state index in [1.54, 1.807) is 29.2 Å². The maximum atomic E-state index is 12.1. The number of anilines is 1. The first-order chi connectivity index (χ1) is 8.18. The molecule has 0 unspecified atom stereocenters. The van der Waals surface area contributed by atoms with E-state index < -0.39 is 0 Å². The lowest BCUT2D eigenvalue weighted by atomic mass is 10.2. The molecule has 1 atom stereocenters. The molecule has 3 amide bonds. The second kappa shape index (κ2) is 3.74. The highest BCUT2D eigenvalue weighted by molar-refractivity contribution is 6.30. The number of fused-ring (bicyclic) bond motifs is 1. The van der Waals surface area contributed by atoms with Crippen molar-refractivity contribution in [3.63, 3.8) is 0 Å². The maximum absolute atomic E-state index is 12.1. The van der Waals surface area contributed by atoms with Crippen LogP contribution in [0.2, 0.25) is 5.02 Å². The second-order valence-electron chi connectivity index (χ2n) is 4.28. The topological polar surface area (TPSA) is 40.6 Å². The van der Waals surface area contributed by atoms with Gasteiger partial charge in [-0.3, -0.25) is 4.79 Å². The van der Waals surface area contributed by atoms with Gasteiger partial charge in [-0.05, 0) is 37.1 Å². The van der Waals surface area contributed by atoms with Gasteiger partial charge >= 0.3 is 6.03 Å². The van der Waals surface area contributed by atoms with E-state index in [0.717, 1.165) is 12.8 Å². The molecule has 2 saturated heterocycles. The summed E-state index contributed by atoms with van der Waals surface area (Å²) in [5.74, 6) is -0.116. The van der Waals surface area contributed by atoms with Gasteiger partial charge in [0.05, 0.1) is 5.69 Å². The fraction of sp³-hybridized carbons (Fsp3) is 0.333. The van der Waals surface area contributed by atoms with Crippen molar-refractivity contribution in [3.8, 4) is 0 Å². The molecule has 17 heavy (non-hydrogen) atoms. The number of nitrogens with zero attached hydrogens (tertiary/aromatic N) is 2. The lowest BCUT2D eigenvalue weighted by Gasteiger charge is -2.15. The van der Waals surface area contributed by atoms with Crippen LogP contribution in [0.1, 0.15) is 12.8 Å². The SMILES string of the molecule is O=C1[C@H]2CCCN2C(=O)N1c1ccc(Cl)cc1. The number of urea groups is 1. The molecule has 0 radical (unpaired) electrons. The Labute approximate surface area is 104 Å². The zero-order valence-electron chi connectivity index (χ0n) is 9.10. The summed E-state index contributed by atoms with van der Waals surface area (Å²) in [6.07, 6.45) is 1.69. The van der Waals surface area contributed by atoms with Crippen molar-refractivity contribution >= 4 is 29.2 Å². The van der Waals surface area contributed by atoms with Gasteiger partial charge in [0, 0.05) is 11.6 Å². The van der Waals surface area contributed by atoms with Crippen LogP contribution in [-0.4, -0.2) is 29.4 Å². The van der Waals surface area contributed by atoms with Gasteiger partial charge in [-0.15, -0.1) is 0 Å². The van der Waals surface area contributed by atoms with Crippen molar-refractivity contribution in [2.75, 3.05) is 11.4 Å². The van der Waals surface area contributed by atoms with E-state index in [-0.39, 0.29) is 18.0 Å². The van der Waals surface area contributed by atoms with Crippen LogP contribution in [0.3, 0.4) is 0 Å². The smallest absolute Gasteiger partial charge is 0.312 e. The first-order valence-corrected chi connectivity index (χ1v) is 5.96.